The van der Waals surface area contributed by atoms with E-state index in [1.807, 2.05) is 0 Å². The molecule has 2 atom stereocenters. The highest BCUT2D eigenvalue weighted by Crippen LogP contribution is 2.41. The molecule has 2 aromatic carbocycles. The van der Waals surface area contributed by atoms with Gasteiger partial charge in [-0.1, -0.05) is 12.0 Å². The number of ether oxygens (including phenoxy) is 2. The summed E-state index contributed by atoms with van der Waals surface area (Å²) in [5.74, 6) is 1.90. The van der Waals surface area contributed by atoms with E-state index in [4.69, 9.17) is 20.3 Å². The Balaban J connectivity index is 1.51. The standard InChI is InChI=1S/C31H30F2N4O5/c1-4-21-23(33)7-6-18-12-20(38)13-22(24(18)21)27-17(2)26-25(29(39)42-27)28(34-9-11-40-3)36-30(35-26)41-16-31-8-5-10-37(31)15-19(32)14-31/h1,6-7,12-13,19,38H,5,8-11,14-16H2,2-3H3,(H,34,35,36)/t19-,31+/m1/s1. The Morgan fingerprint density at radius 1 is 1.31 bits per heavy atom. The number of anilines is 1. The van der Waals surface area contributed by atoms with E-state index >= 15 is 0 Å². The molecule has 2 N–H and O–H groups in total. The third-order valence-electron chi connectivity index (χ3n) is 8.25. The molecule has 0 saturated carbocycles. The van der Waals surface area contributed by atoms with E-state index in [-0.39, 0.29) is 52.0 Å². The molecule has 42 heavy (non-hydrogen) atoms. The zero-order valence-corrected chi connectivity index (χ0v) is 23.3. The largest absolute Gasteiger partial charge is 0.508 e. The van der Waals surface area contributed by atoms with Crippen molar-refractivity contribution >= 4 is 27.5 Å². The normalized spacial score (nSPS) is 20.2. The van der Waals surface area contributed by atoms with Gasteiger partial charge in [-0.25, -0.2) is 13.6 Å². The zero-order valence-electron chi connectivity index (χ0n) is 23.3. The summed E-state index contributed by atoms with van der Waals surface area (Å²) < 4.78 is 46.2. The lowest BCUT2D eigenvalue weighted by atomic mass is 9.95. The summed E-state index contributed by atoms with van der Waals surface area (Å²) in [7, 11) is 1.55. The number of halogens is 2. The van der Waals surface area contributed by atoms with Crippen LogP contribution in [-0.2, 0) is 4.74 Å². The van der Waals surface area contributed by atoms with Crippen molar-refractivity contribution in [3.05, 3.63) is 51.6 Å². The highest BCUT2D eigenvalue weighted by atomic mass is 19.1. The molecule has 0 bridgehead atoms. The lowest BCUT2D eigenvalue weighted by Gasteiger charge is -2.30. The molecule has 2 aliphatic heterocycles. The van der Waals surface area contributed by atoms with Crippen LogP contribution in [0, 0.1) is 25.1 Å². The maximum atomic E-state index is 14.8. The van der Waals surface area contributed by atoms with Gasteiger partial charge in [0.25, 0.3) is 0 Å². The summed E-state index contributed by atoms with van der Waals surface area (Å²) >= 11 is 0. The van der Waals surface area contributed by atoms with Crippen molar-refractivity contribution in [2.75, 3.05) is 45.3 Å². The van der Waals surface area contributed by atoms with Crippen molar-refractivity contribution in [3.63, 3.8) is 0 Å². The molecule has 0 aliphatic carbocycles. The monoisotopic (exact) mass is 576 g/mol. The van der Waals surface area contributed by atoms with Gasteiger partial charge in [0.05, 0.1) is 23.2 Å². The molecule has 218 valence electrons. The SMILES string of the molecule is C#Cc1c(F)ccc2cc(O)cc(-c3oc(=O)c4c(NCCOC)nc(OC[C@@]56CCCN5C[C@H](F)C6)nc4c3C)c12. The summed E-state index contributed by atoms with van der Waals surface area (Å²) in [5, 5.41) is 14.5. The van der Waals surface area contributed by atoms with E-state index in [0.29, 0.717) is 42.5 Å². The number of hydrogen-bond acceptors (Lipinski definition) is 9. The van der Waals surface area contributed by atoms with Gasteiger partial charge in [-0.2, -0.15) is 9.97 Å². The molecule has 9 nitrogen and oxygen atoms in total. The predicted octanol–water partition coefficient (Wildman–Crippen LogP) is 4.55. The number of aromatic nitrogens is 2. The molecule has 0 spiro atoms. The second-order valence-corrected chi connectivity index (χ2v) is 10.9. The lowest BCUT2D eigenvalue weighted by Crippen LogP contribution is -2.43. The van der Waals surface area contributed by atoms with Crippen molar-refractivity contribution in [2.45, 2.75) is 37.9 Å². The van der Waals surface area contributed by atoms with Crippen LogP contribution in [0.3, 0.4) is 0 Å². The Kier molecular flexibility index (Phi) is 7.20. The molecule has 2 aliphatic rings. The summed E-state index contributed by atoms with van der Waals surface area (Å²) in [6, 6.07) is 5.56. The first-order valence-electron chi connectivity index (χ1n) is 13.8. The zero-order chi connectivity index (χ0) is 29.6. The molecule has 4 heterocycles. The van der Waals surface area contributed by atoms with Crippen molar-refractivity contribution in [3.8, 4) is 35.4 Å². The smallest absolute Gasteiger partial charge is 0.349 e. The summed E-state index contributed by atoms with van der Waals surface area (Å²) in [4.78, 5) is 24.7. The number of methoxy groups -OCH3 is 1. The molecule has 6 rings (SSSR count). The Bertz CT molecular complexity index is 1800. The number of fused-ring (bicyclic) bond motifs is 3. The Hall–Kier alpha value is -4.27. The minimum Gasteiger partial charge on any atom is -0.508 e. The van der Waals surface area contributed by atoms with Crippen LogP contribution < -0.4 is 15.7 Å². The Morgan fingerprint density at radius 3 is 2.93 bits per heavy atom. The van der Waals surface area contributed by atoms with Crippen LogP contribution in [-0.4, -0.2) is 71.6 Å². The molecule has 0 amide bonds. The fourth-order valence-electron chi connectivity index (χ4n) is 6.35. The quantitative estimate of drug-likeness (QED) is 0.231. The van der Waals surface area contributed by atoms with E-state index in [1.54, 1.807) is 14.0 Å². The molecule has 0 unspecified atom stereocenters. The van der Waals surface area contributed by atoms with Gasteiger partial charge in [0.1, 0.15) is 41.3 Å². The van der Waals surface area contributed by atoms with Gasteiger partial charge in [-0.3, -0.25) is 4.90 Å². The number of hydrogen-bond donors (Lipinski definition) is 2. The molecule has 2 aromatic heterocycles. The first-order valence-corrected chi connectivity index (χ1v) is 13.8. The number of terminal acetylenes is 1. The van der Waals surface area contributed by atoms with Crippen molar-refractivity contribution in [1.29, 1.82) is 0 Å². The number of aromatic hydroxyl groups is 1. The minimum absolute atomic E-state index is 0.0155. The van der Waals surface area contributed by atoms with Crippen LogP contribution in [0.5, 0.6) is 11.8 Å². The third-order valence-corrected chi connectivity index (χ3v) is 8.25. The number of nitrogens with zero attached hydrogens (tertiary/aromatic N) is 3. The van der Waals surface area contributed by atoms with E-state index in [9.17, 15) is 18.7 Å². The number of alkyl halides is 1. The van der Waals surface area contributed by atoms with Crippen LogP contribution in [0.4, 0.5) is 14.6 Å². The van der Waals surface area contributed by atoms with Gasteiger partial charge in [-0.15, -0.1) is 6.42 Å². The number of phenols is 1. The summed E-state index contributed by atoms with van der Waals surface area (Å²) in [5.41, 5.74) is -0.282. The maximum Gasteiger partial charge on any atom is 0.349 e. The maximum absolute atomic E-state index is 14.8. The van der Waals surface area contributed by atoms with Gasteiger partial charge >= 0.3 is 11.6 Å². The van der Waals surface area contributed by atoms with Crippen molar-refractivity contribution in [1.82, 2.24) is 14.9 Å². The number of nitrogens with one attached hydrogen (secondary N) is 1. The van der Waals surface area contributed by atoms with Crippen LogP contribution in [0.2, 0.25) is 0 Å². The third kappa shape index (κ3) is 4.70. The van der Waals surface area contributed by atoms with Gasteiger partial charge < -0.3 is 24.3 Å². The van der Waals surface area contributed by atoms with Crippen LogP contribution >= 0.6 is 0 Å². The molecular formula is C31H30F2N4O5. The highest BCUT2D eigenvalue weighted by Gasteiger charge is 2.49. The number of benzene rings is 2. The van der Waals surface area contributed by atoms with Gasteiger partial charge in [0, 0.05) is 43.1 Å². The van der Waals surface area contributed by atoms with Gasteiger partial charge in [-0.05, 0) is 49.9 Å². The molecular weight excluding hydrogens is 546 g/mol. The number of rotatable bonds is 8. The molecule has 4 aromatic rings. The van der Waals surface area contributed by atoms with E-state index in [0.717, 1.165) is 19.4 Å². The fraction of sp³-hybridized carbons (Fsp3) is 0.387. The number of phenolic OH excluding ortho intramolecular Hbond substituents is 1. The van der Waals surface area contributed by atoms with E-state index < -0.39 is 23.2 Å². The van der Waals surface area contributed by atoms with Crippen molar-refractivity contribution in [2.24, 2.45) is 0 Å². The lowest BCUT2D eigenvalue weighted by molar-refractivity contribution is 0.107. The average Bonchev–Trinajstić information content (AvgIpc) is 3.49. The second kappa shape index (κ2) is 10.9. The average molecular weight is 577 g/mol. The van der Waals surface area contributed by atoms with Crippen LogP contribution in [0.15, 0.2) is 33.5 Å². The molecule has 2 saturated heterocycles. The second-order valence-electron chi connectivity index (χ2n) is 10.9. The fourth-order valence-corrected chi connectivity index (χ4v) is 6.35. The van der Waals surface area contributed by atoms with E-state index in [2.05, 4.69) is 26.1 Å². The van der Waals surface area contributed by atoms with Crippen LogP contribution in [0.1, 0.15) is 30.4 Å². The van der Waals surface area contributed by atoms with Crippen LogP contribution in [0.25, 0.3) is 33.0 Å². The summed E-state index contributed by atoms with van der Waals surface area (Å²) in [6.45, 7) is 3.78. The summed E-state index contributed by atoms with van der Waals surface area (Å²) in [6.07, 6.45) is 6.89. The van der Waals surface area contributed by atoms with E-state index in [1.165, 1.54) is 24.3 Å². The first kappa shape index (κ1) is 27.9. The van der Waals surface area contributed by atoms with Gasteiger partial charge in [0.15, 0.2) is 0 Å². The highest BCUT2D eigenvalue weighted by molar-refractivity contribution is 6.03. The first-order chi connectivity index (χ1) is 20.2. The minimum atomic E-state index is -0.915. The van der Waals surface area contributed by atoms with Crippen molar-refractivity contribution < 1.29 is 27.8 Å². The topological polar surface area (TPSA) is 110 Å². The number of aryl methyl sites for hydroxylation is 1. The molecule has 11 heteroatoms. The molecule has 0 radical (unpaired) electrons. The predicted molar refractivity (Wildman–Crippen MR) is 154 cm³/mol. The molecule has 2 fully saturated rings. The van der Waals surface area contributed by atoms with Gasteiger partial charge in [0.2, 0.25) is 0 Å². The Labute approximate surface area is 240 Å². The Morgan fingerprint density at radius 2 is 2.14 bits per heavy atom.